The van der Waals surface area contributed by atoms with Gasteiger partial charge in [-0.2, -0.15) is 0 Å². The van der Waals surface area contributed by atoms with Crippen LogP contribution in [0.3, 0.4) is 0 Å². The third-order valence-electron chi connectivity index (χ3n) is 5.08. The van der Waals surface area contributed by atoms with Crippen LogP contribution >= 0.6 is 0 Å². The number of ether oxygens (including phenoxy) is 4. The Labute approximate surface area is 203 Å². The predicted molar refractivity (Wildman–Crippen MR) is 134 cm³/mol. The molecule has 182 valence electrons. The van der Waals surface area contributed by atoms with Crippen LogP contribution in [0.5, 0.6) is 28.7 Å². The zero-order valence-corrected chi connectivity index (χ0v) is 19.8. The van der Waals surface area contributed by atoms with Gasteiger partial charge in [-0.3, -0.25) is 4.79 Å². The van der Waals surface area contributed by atoms with Gasteiger partial charge in [-0.15, -0.1) is 0 Å². The number of halogens is 1. The maximum absolute atomic E-state index is 13.1. The van der Waals surface area contributed by atoms with E-state index in [0.29, 0.717) is 28.4 Å². The van der Waals surface area contributed by atoms with Crippen LogP contribution < -0.4 is 24.3 Å². The van der Waals surface area contributed by atoms with Crippen LogP contribution in [0, 0.1) is 5.82 Å². The van der Waals surface area contributed by atoms with E-state index in [1.54, 1.807) is 48.6 Å². The van der Waals surface area contributed by atoms with Crippen LogP contribution in [-0.2, 0) is 4.79 Å². The molecule has 0 fully saturated rings. The fourth-order valence-corrected chi connectivity index (χ4v) is 3.32. The summed E-state index contributed by atoms with van der Waals surface area (Å²) in [6.45, 7) is 0. The number of carbonyl (C=O) groups is 1. The van der Waals surface area contributed by atoms with Gasteiger partial charge in [-0.25, -0.2) is 4.39 Å². The van der Waals surface area contributed by atoms with Gasteiger partial charge in [-0.05, 0) is 53.6 Å². The number of methoxy groups -OCH3 is 4. The summed E-state index contributed by atoms with van der Waals surface area (Å²) in [6, 6.07) is 12.5. The van der Waals surface area contributed by atoms with E-state index in [4.69, 9.17) is 18.9 Å². The fourth-order valence-electron chi connectivity index (χ4n) is 3.32. The summed E-state index contributed by atoms with van der Waals surface area (Å²) >= 11 is 0. The van der Waals surface area contributed by atoms with Crippen LogP contribution in [-0.4, -0.2) is 39.5 Å². The number of benzene rings is 3. The topological polar surface area (TPSA) is 86.3 Å². The zero-order chi connectivity index (χ0) is 25.4. The van der Waals surface area contributed by atoms with Crippen molar-refractivity contribution in [1.29, 1.82) is 0 Å². The summed E-state index contributed by atoms with van der Waals surface area (Å²) in [5.74, 6) is 0.578. The molecule has 0 bridgehead atoms. The Kier molecular flexibility index (Phi) is 8.34. The average molecular weight is 480 g/mol. The van der Waals surface area contributed by atoms with Gasteiger partial charge in [0.05, 0.1) is 34.1 Å². The molecule has 0 saturated heterocycles. The molecule has 2 N–H and O–H groups in total. The Balaban J connectivity index is 1.92. The molecule has 0 saturated carbocycles. The summed E-state index contributed by atoms with van der Waals surface area (Å²) < 4.78 is 34.4. The van der Waals surface area contributed by atoms with Crippen molar-refractivity contribution in [2.75, 3.05) is 33.8 Å². The van der Waals surface area contributed by atoms with Gasteiger partial charge in [-0.1, -0.05) is 24.3 Å². The van der Waals surface area contributed by atoms with E-state index in [1.807, 2.05) is 0 Å². The maximum atomic E-state index is 13.1. The number of carbonyl (C=O) groups excluding carboxylic acids is 1. The molecule has 0 radical (unpaired) electrons. The molecule has 8 heteroatoms. The lowest BCUT2D eigenvalue weighted by molar-refractivity contribution is -0.111. The van der Waals surface area contributed by atoms with Crippen molar-refractivity contribution in [2.24, 2.45) is 0 Å². The van der Waals surface area contributed by atoms with E-state index in [-0.39, 0.29) is 23.0 Å². The molecule has 1 amide bonds. The number of aromatic hydroxyl groups is 1. The molecule has 0 heterocycles. The highest BCUT2D eigenvalue weighted by Crippen LogP contribution is 2.40. The predicted octanol–water partition coefficient (Wildman–Crippen LogP) is 5.39. The number of rotatable bonds is 9. The largest absolute Gasteiger partial charge is 0.503 e. The van der Waals surface area contributed by atoms with Gasteiger partial charge >= 0.3 is 0 Å². The Hall–Kier alpha value is -4.46. The molecule has 3 aromatic rings. The van der Waals surface area contributed by atoms with Gasteiger partial charge in [0, 0.05) is 11.6 Å². The van der Waals surface area contributed by atoms with E-state index >= 15 is 0 Å². The Morgan fingerprint density at radius 3 is 2.00 bits per heavy atom. The van der Waals surface area contributed by atoms with Crippen molar-refractivity contribution >= 4 is 29.8 Å². The Morgan fingerprint density at radius 1 is 0.800 bits per heavy atom. The molecule has 0 spiro atoms. The monoisotopic (exact) mass is 479 g/mol. The lowest BCUT2D eigenvalue weighted by atomic mass is 10.1. The van der Waals surface area contributed by atoms with Crippen LogP contribution in [0.4, 0.5) is 10.1 Å². The number of phenols is 1. The second kappa shape index (κ2) is 11.6. The third kappa shape index (κ3) is 6.11. The van der Waals surface area contributed by atoms with Gasteiger partial charge < -0.3 is 29.4 Å². The summed E-state index contributed by atoms with van der Waals surface area (Å²) in [5.41, 5.74) is 2.09. The van der Waals surface area contributed by atoms with Crippen molar-refractivity contribution in [2.45, 2.75) is 0 Å². The second-order valence-corrected chi connectivity index (χ2v) is 7.25. The summed E-state index contributed by atoms with van der Waals surface area (Å²) in [7, 11) is 5.99. The molecular weight excluding hydrogens is 453 g/mol. The van der Waals surface area contributed by atoms with Crippen molar-refractivity contribution < 1.29 is 33.2 Å². The van der Waals surface area contributed by atoms with E-state index in [9.17, 15) is 14.3 Å². The molecule has 0 aromatic heterocycles. The molecule has 0 aliphatic rings. The molecule has 0 aliphatic heterocycles. The zero-order valence-electron chi connectivity index (χ0n) is 19.8. The number of nitrogens with one attached hydrogen (secondary N) is 1. The summed E-state index contributed by atoms with van der Waals surface area (Å²) in [5, 5.41) is 13.4. The first-order valence-electron chi connectivity index (χ1n) is 10.5. The molecule has 3 aromatic carbocycles. The number of hydrogen-bond donors (Lipinski definition) is 2. The van der Waals surface area contributed by atoms with Gasteiger partial charge in [0.15, 0.2) is 23.0 Å². The molecule has 3 rings (SSSR count). The third-order valence-corrected chi connectivity index (χ3v) is 5.08. The average Bonchev–Trinajstić information content (AvgIpc) is 2.87. The van der Waals surface area contributed by atoms with E-state index in [0.717, 1.165) is 5.56 Å². The van der Waals surface area contributed by atoms with Crippen LogP contribution in [0.25, 0.3) is 18.2 Å². The smallest absolute Gasteiger partial charge is 0.248 e. The van der Waals surface area contributed by atoms with Crippen molar-refractivity contribution in [1.82, 2.24) is 0 Å². The SMILES string of the molecule is COc1ccc(C=Cc2cc(OC)c(OC)c(OC)c2)c(NC(=O)/C=C/c2ccc(F)cc2)c1O. The standard InChI is InChI=1S/C27H26FNO6/c1-32-21-13-10-19(9-5-18-15-22(33-2)27(35-4)23(16-18)34-3)25(26(21)31)29-24(30)14-8-17-6-11-20(28)12-7-17/h5-16,31H,1-4H3,(H,29,30)/b9-5?,14-8+. The van der Waals surface area contributed by atoms with Crippen molar-refractivity contribution in [3.8, 4) is 28.7 Å². The minimum atomic E-state index is -0.486. The molecule has 0 atom stereocenters. The first-order valence-corrected chi connectivity index (χ1v) is 10.5. The van der Waals surface area contributed by atoms with Gasteiger partial charge in [0.1, 0.15) is 5.82 Å². The minimum absolute atomic E-state index is 0.168. The normalized spacial score (nSPS) is 11.0. The quantitative estimate of drug-likeness (QED) is 0.243. The Morgan fingerprint density at radius 2 is 1.43 bits per heavy atom. The molecule has 35 heavy (non-hydrogen) atoms. The highest BCUT2D eigenvalue weighted by atomic mass is 19.1. The molecule has 0 unspecified atom stereocenters. The Bertz CT molecular complexity index is 1230. The van der Waals surface area contributed by atoms with E-state index < -0.39 is 5.91 Å². The first-order chi connectivity index (χ1) is 16.9. The highest BCUT2D eigenvalue weighted by Gasteiger charge is 2.15. The number of amides is 1. The second-order valence-electron chi connectivity index (χ2n) is 7.25. The highest BCUT2D eigenvalue weighted by molar-refractivity contribution is 6.04. The van der Waals surface area contributed by atoms with Gasteiger partial charge in [0.2, 0.25) is 11.7 Å². The molecular formula is C27H26FNO6. The van der Waals surface area contributed by atoms with E-state index in [1.165, 1.54) is 52.7 Å². The van der Waals surface area contributed by atoms with Gasteiger partial charge in [0.25, 0.3) is 0 Å². The number of hydrogen-bond acceptors (Lipinski definition) is 6. The van der Waals surface area contributed by atoms with E-state index in [2.05, 4.69) is 5.32 Å². The summed E-state index contributed by atoms with van der Waals surface area (Å²) in [4.78, 5) is 12.6. The van der Waals surface area contributed by atoms with Crippen molar-refractivity contribution in [3.05, 3.63) is 77.1 Å². The van der Waals surface area contributed by atoms with Crippen molar-refractivity contribution in [3.63, 3.8) is 0 Å². The van der Waals surface area contributed by atoms with Crippen LogP contribution in [0.1, 0.15) is 16.7 Å². The van der Waals surface area contributed by atoms with Crippen LogP contribution in [0.15, 0.2) is 54.6 Å². The number of phenolic OH excluding ortho intramolecular Hbond substituents is 1. The lowest BCUT2D eigenvalue weighted by Gasteiger charge is -2.14. The first kappa shape index (κ1) is 25.2. The maximum Gasteiger partial charge on any atom is 0.248 e. The lowest BCUT2D eigenvalue weighted by Crippen LogP contribution is -2.09. The summed E-state index contributed by atoms with van der Waals surface area (Å²) in [6.07, 6.45) is 6.32. The minimum Gasteiger partial charge on any atom is -0.503 e. The molecule has 0 aliphatic carbocycles. The fraction of sp³-hybridized carbons (Fsp3) is 0.148. The number of anilines is 1. The van der Waals surface area contributed by atoms with Crippen LogP contribution in [0.2, 0.25) is 0 Å². The molecule has 7 nitrogen and oxygen atoms in total.